The fraction of sp³-hybridized carbons (Fsp3) is 1.00. The molecule has 1 heterocycles. The first-order chi connectivity index (χ1) is 6.01. The summed E-state index contributed by atoms with van der Waals surface area (Å²) >= 11 is 0. The first-order valence-corrected chi connectivity index (χ1v) is 5.52. The molecule has 1 aliphatic rings. The second-order valence-corrected chi connectivity index (χ2v) is 5.17. The van der Waals surface area contributed by atoms with Crippen LogP contribution >= 0.6 is 0 Å². The van der Waals surface area contributed by atoms with Gasteiger partial charge in [-0.05, 0) is 39.2 Å². The quantitative estimate of drug-likeness (QED) is 0.722. The molecule has 2 nitrogen and oxygen atoms in total. The fourth-order valence-electron chi connectivity index (χ4n) is 2.28. The first-order valence-electron chi connectivity index (χ1n) is 5.52. The van der Waals surface area contributed by atoms with Gasteiger partial charge in [0, 0.05) is 18.6 Å². The summed E-state index contributed by atoms with van der Waals surface area (Å²) in [5, 5.41) is 0. The van der Waals surface area contributed by atoms with Crippen LogP contribution < -0.4 is 5.73 Å². The van der Waals surface area contributed by atoms with Crippen LogP contribution in [-0.4, -0.2) is 30.1 Å². The van der Waals surface area contributed by atoms with Gasteiger partial charge in [-0.15, -0.1) is 0 Å². The molecule has 0 bridgehead atoms. The van der Waals surface area contributed by atoms with E-state index in [0.717, 1.165) is 12.5 Å². The molecule has 1 rings (SSSR count). The highest BCUT2D eigenvalue weighted by Gasteiger charge is 2.25. The SMILES string of the molecule is CCCC1CCN(CC(C)(C)N)C1. The van der Waals surface area contributed by atoms with E-state index in [0.29, 0.717) is 0 Å². The molecule has 0 spiro atoms. The first kappa shape index (κ1) is 11.0. The molecule has 2 N–H and O–H groups in total. The van der Waals surface area contributed by atoms with Crippen LogP contribution in [0.5, 0.6) is 0 Å². The van der Waals surface area contributed by atoms with Crippen molar-refractivity contribution in [1.29, 1.82) is 0 Å². The molecule has 0 aliphatic carbocycles. The molecule has 1 aliphatic heterocycles. The van der Waals surface area contributed by atoms with Gasteiger partial charge in [0.05, 0.1) is 0 Å². The number of nitrogens with zero attached hydrogens (tertiary/aromatic N) is 1. The molecule has 0 aromatic carbocycles. The Morgan fingerprint density at radius 2 is 2.15 bits per heavy atom. The largest absolute Gasteiger partial charge is 0.324 e. The van der Waals surface area contributed by atoms with Gasteiger partial charge in [0.2, 0.25) is 0 Å². The van der Waals surface area contributed by atoms with Crippen molar-refractivity contribution in [3.8, 4) is 0 Å². The van der Waals surface area contributed by atoms with Gasteiger partial charge >= 0.3 is 0 Å². The Hall–Kier alpha value is -0.0800. The maximum atomic E-state index is 5.99. The third-order valence-corrected chi connectivity index (χ3v) is 2.70. The Morgan fingerprint density at radius 1 is 1.46 bits per heavy atom. The van der Waals surface area contributed by atoms with E-state index in [1.807, 2.05) is 0 Å². The average Bonchev–Trinajstić information content (AvgIpc) is 2.33. The van der Waals surface area contributed by atoms with Crippen LogP contribution in [0.3, 0.4) is 0 Å². The molecule has 78 valence electrons. The van der Waals surface area contributed by atoms with Crippen molar-refractivity contribution in [3.05, 3.63) is 0 Å². The summed E-state index contributed by atoms with van der Waals surface area (Å²) < 4.78 is 0. The third kappa shape index (κ3) is 4.10. The number of nitrogens with two attached hydrogens (primary N) is 1. The van der Waals surface area contributed by atoms with Gasteiger partial charge in [0.25, 0.3) is 0 Å². The molecule has 0 amide bonds. The maximum Gasteiger partial charge on any atom is 0.0226 e. The van der Waals surface area contributed by atoms with Crippen LogP contribution in [0.15, 0.2) is 0 Å². The minimum Gasteiger partial charge on any atom is -0.324 e. The van der Waals surface area contributed by atoms with Crippen molar-refractivity contribution in [2.45, 2.75) is 45.6 Å². The van der Waals surface area contributed by atoms with E-state index in [-0.39, 0.29) is 5.54 Å². The van der Waals surface area contributed by atoms with Gasteiger partial charge in [0.15, 0.2) is 0 Å². The predicted octanol–water partition coefficient (Wildman–Crippen LogP) is 1.85. The highest BCUT2D eigenvalue weighted by atomic mass is 15.2. The van der Waals surface area contributed by atoms with E-state index in [1.165, 1.54) is 32.4 Å². The Bertz CT molecular complexity index is 149. The summed E-state index contributed by atoms with van der Waals surface area (Å²) in [6.07, 6.45) is 4.09. The van der Waals surface area contributed by atoms with Crippen molar-refractivity contribution < 1.29 is 0 Å². The van der Waals surface area contributed by atoms with Crippen molar-refractivity contribution in [2.24, 2.45) is 11.7 Å². The Balaban J connectivity index is 2.25. The van der Waals surface area contributed by atoms with Gasteiger partial charge in [-0.1, -0.05) is 13.3 Å². The Morgan fingerprint density at radius 3 is 2.69 bits per heavy atom. The molecule has 1 unspecified atom stereocenters. The molecular weight excluding hydrogens is 160 g/mol. The average molecular weight is 184 g/mol. The minimum absolute atomic E-state index is 0.0267. The molecule has 0 radical (unpaired) electrons. The van der Waals surface area contributed by atoms with Gasteiger partial charge in [-0.2, -0.15) is 0 Å². The molecule has 1 saturated heterocycles. The lowest BCUT2D eigenvalue weighted by Crippen LogP contribution is -2.44. The summed E-state index contributed by atoms with van der Waals surface area (Å²) in [5.74, 6) is 0.937. The molecule has 1 fully saturated rings. The fourth-order valence-corrected chi connectivity index (χ4v) is 2.28. The molecule has 0 saturated carbocycles. The summed E-state index contributed by atoms with van der Waals surface area (Å²) in [4.78, 5) is 2.51. The number of hydrogen-bond donors (Lipinski definition) is 1. The normalized spacial score (nSPS) is 25.4. The smallest absolute Gasteiger partial charge is 0.0226 e. The van der Waals surface area contributed by atoms with Gasteiger partial charge in [-0.25, -0.2) is 0 Å². The second kappa shape index (κ2) is 4.43. The zero-order chi connectivity index (χ0) is 9.90. The maximum absolute atomic E-state index is 5.99. The lowest BCUT2D eigenvalue weighted by atomic mass is 10.0. The minimum atomic E-state index is -0.0267. The Labute approximate surface area is 82.5 Å². The molecule has 13 heavy (non-hydrogen) atoms. The molecule has 2 heteroatoms. The van der Waals surface area contributed by atoms with Gasteiger partial charge in [0.1, 0.15) is 0 Å². The van der Waals surface area contributed by atoms with E-state index in [9.17, 15) is 0 Å². The van der Waals surface area contributed by atoms with Gasteiger partial charge in [-0.3, -0.25) is 0 Å². The third-order valence-electron chi connectivity index (χ3n) is 2.70. The van der Waals surface area contributed by atoms with Gasteiger partial charge < -0.3 is 10.6 Å². The Kier molecular flexibility index (Phi) is 3.74. The van der Waals surface area contributed by atoms with Crippen LogP contribution in [0.1, 0.15) is 40.0 Å². The van der Waals surface area contributed by atoms with E-state index < -0.39 is 0 Å². The number of hydrogen-bond acceptors (Lipinski definition) is 2. The van der Waals surface area contributed by atoms with Crippen LogP contribution in [0, 0.1) is 5.92 Å². The molecule has 0 aromatic heterocycles. The van der Waals surface area contributed by atoms with Crippen LogP contribution in [0.4, 0.5) is 0 Å². The molecular formula is C11H24N2. The van der Waals surface area contributed by atoms with Crippen LogP contribution in [0.2, 0.25) is 0 Å². The standard InChI is InChI=1S/C11H24N2/c1-4-5-10-6-7-13(8-10)9-11(2,3)12/h10H,4-9,12H2,1-3H3. The van der Waals surface area contributed by atoms with Crippen molar-refractivity contribution in [1.82, 2.24) is 4.90 Å². The number of likely N-dealkylation sites (tertiary alicyclic amines) is 1. The van der Waals surface area contributed by atoms with Crippen LogP contribution in [0.25, 0.3) is 0 Å². The molecule has 0 aromatic rings. The summed E-state index contributed by atoms with van der Waals surface area (Å²) in [7, 11) is 0. The molecule has 1 atom stereocenters. The lowest BCUT2D eigenvalue weighted by molar-refractivity contribution is 0.261. The van der Waals surface area contributed by atoms with Crippen molar-refractivity contribution >= 4 is 0 Å². The monoisotopic (exact) mass is 184 g/mol. The van der Waals surface area contributed by atoms with E-state index in [4.69, 9.17) is 5.73 Å². The summed E-state index contributed by atoms with van der Waals surface area (Å²) in [5.41, 5.74) is 5.97. The predicted molar refractivity (Wildman–Crippen MR) is 57.7 cm³/mol. The van der Waals surface area contributed by atoms with Crippen LogP contribution in [-0.2, 0) is 0 Å². The zero-order valence-electron chi connectivity index (χ0n) is 9.34. The van der Waals surface area contributed by atoms with E-state index in [2.05, 4.69) is 25.7 Å². The lowest BCUT2D eigenvalue weighted by Gasteiger charge is -2.26. The van der Waals surface area contributed by atoms with E-state index >= 15 is 0 Å². The van der Waals surface area contributed by atoms with E-state index in [1.54, 1.807) is 0 Å². The number of rotatable bonds is 4. The summed E-state index contributed by atoms with van der Waals surface area (Å²) in [6, 6.07) is 0. The second-order valence-electron chi connectivity index (χ2n) is 5.17. The zero-order valence-corrected chi connectivity index (χ0v) is 9.34. The van der Waals surface area contributed by atoms with Crippen molar-refractivity contribution in [3.63, 3.8) is 0 Å². The van der Waals surface area contributed by atoms with Crippen molar-refractivity contribution in [2.75, 3.05) is 19.6 Å². The summed E-state index contributed by atoms with van der Waals surface area (Å²) in [6.45, 7) is 10.1. The highest BCUT2D eigenvalue weighted by Crippen LogP contribution is 2.21. The topological polar surface area (TPSA) is 29.3 Å². The highest BCUT2D eigenvalue weighted by molar-refractivity contribution is 4.82.